The van der Waals surface area contributed by atoms with E-state index in [4.69, 9.17) is 10.5 Å². The molecule has 0 spiro atoms. The first-order valence-electron chi connectivity index (χ1n) is 5.71. The van der Waals surface area contributed by atoms with E-state index in [9.17, 15) is 9.18 Å². The third kappa shape index (κ3) is 3.91. The fourth-order valence-corrected chi connectivity index (χ4v) is 1.37. The Morgan fingerprint density at radius 2 is 2.06 bits per heavy atom. The Labute approximate surface area is 106 Å². The van der Waals surface area contributed by atoms with E-state index in [2.05, 4.69) is 5.32 Å². The van der Waals surface area contributed by atoms with Gasteiger partial charge in [-0.15, -0.1) is 0 Å². The van der Waals surface area contributed by atoms with Crippen LogP contribution in [0.1, 0.15) is 31.9 Å². The van der Waals surface area contributed by atoms with Crippen molar-refractivity contribution >= 4 is 11.8 Å². The third-order valence-electron chi connectivity index (χ3n) is 2.33. The molecule has 1 aromatic carbocycles. The summed E-state index contributed by atoms with van der Waals surface area (Å²) in [5.41, 5.74) is 6.17. The number of hydrogen-bond donors (Lipinski definition) is 2. The number of carbonyl (C=O) groups is 1. The fraction of sp³-hybridized carbons (Fsp3) is 0.462. The van der Waals surface area contributed by atoms with Crippen LogP contribution in [0.2, 0.25) is 0 Å². The molecule has 0 fully saturated rings. The Morgan fingerprint density at radius 3 is 2.61 bits per heavy atom. The number of anilines is 1. The van der Waals surface area contributed by atoms with Crippen molar-refractivity contribution in [2.24, 2.45) is 0 Å². The van der Waals surface area contributed by atoms with E-state index in [0.717, 1.165) is 0 Å². The van der Waals surface area contributed by atoms with Gasteiger partial charge in [0, 0.05) is 23.4 Å². The smallest absolute Gasteiger partial charge is 0.407 e. The van der Waals surface area contributed by atoms with Crippen LogP contribution in [0.15, 0.2) is 12.1 Å². The summed E-state index contributed by atoms with van der Waals surface area (Å²) in [6.45, 7) is 6.96. The fourth-order valence-electron chi connectivity index (χ4n) is 1.37. The van der Waals surface area contributed by atoms with Crippen molar-refractivity contribution in [3.05, 3.63) is 29.1 Å². The Balaban J connectivity index is 2.65. The van der Waals surface area contributed by atoms with E-state index in [1.165, 1.54) is 0 Å². The molecular weight excluding hydrogens is 235 g/mol. The number of amides is 1. The van der Waals surface area contributed by atoms with Crippen LogP contribution in [0.4, 0.5) is 14.9 Å². The summed E-state index contributed by atoms with van der Waals surface area (Å²) in [6.07, 6.45) is -0.573. The molecule has 1 aromatic rings. The molecule has 0 atom stereocenters. The molecule has 0 aliphatic rings. The Hall–Kier alpha value is -1.78. The molecule has 4 nitrogen and oxygen atoms in total. The van der Waals surface area contributed by atoms with Crippen molar-refractivity contribution < 1.29 is 13.9 Å². The average molecular weight is 254 g/mol. The number of halogens is 1. The number of alkyl carbamates (subject to hydrolysis) is 1. The van der Waals surface area contributed by atoms with Gasteiger partial charge in [0.25, 0.3) is 0 Å². The second kappa shape index (κ2) is 5.25. The molecule has 0 saturated heterocycles. The lowest BCUT2D eigenvalue weighted by atomic mass is 10.1. The predicted octanol–water partition coefficient (Wildman–Crippen LogP) is 2.74. The summed E-state index contributed by atoms with van der Waals surface area (Å²) >= 11 is 0. The van der Waals surface area contributed by atoms with Crippen LogP contribution < -0.4 is 11.1 Å². The molecule has 100 valence electrons. The highest BCUT2D eigenvalue weighted by atomic mass is 19.1. The maximum atomic E-state index is 13.8. The lowest BCUT2D eigenvalue weighted by Gasteiger charge is -2.19. The zero-order chi connectivity index (χ0) is 13.9. The topological polar surface area (TPSA) is 64.3 Å². The van der Waals surface area contributed by atoms with Crippen LogP contribution in [-0.2, 0) is 11.3 Å². The largest absolute Gasteiger partial charge is 0.444 e. The molecule has 0 aromatic heterocycles. The molecule has 0 aliphatic carbocycles. The van der Waals surface area contributed by atoms with E-state index in [1.54, 1.807) is 39.8 Å². The van der Waals surface area contributed by atoms with E-state index >= 15 is 0 Å². The van der Waals surface area contributed by atoms with Gasteiger partial charge in [0.2, 0.25) is 0 Å². The van der Waals surface area contributed by atoms with Crippen molar-refractivity contribution in [2.45, 2.75) is 39.8 Å². The number of rotatable bonds is 2. The van der Waals surface area contributed by atoms with Crippen LogP contribution in [0.5, 0.6) is 0 Å². The molecule has 0 radical (unpaired) electrons. The van der Waals surface area contributed by atoms with Crippen LogP contribution in [0.3, 0.4) is 0 Å². The molecule has 1 amide bonds. The van der Waals surface area contributed by atoms with Crippen molar-refractivity contribution in [3.63, 3.8) is 0 Å². The molecule has 5 heteroatoms. The Bertz CT molecular complexity index is 453. The van der Waals surface area contributed by atoms with Gasteiger partial charge in [-0.05, 0) is 33.8 Å². The van der Waals surface area contributed by atoms with E-state index in [-0.39, 0.29) is 6.54 Å². The van der Waals surface area contributed by atoms with Gasteiger partial charge in [-0.2, -0.15) is 0 Å². The van der Waals surface area contributed by atoms with Crippen LogP contribution in [0.25, 0.3) is 0 Å². The quantitative estimate of drug-likeness (QED) is 0.797. The van der Waals surface area contributed by atoms with Gasteiger partial charge in [-0.3, -0.25) is 0 Å². The second-order valence-electron chi connectivity index (χ2n) is 5.11. The summed E-state index contributed by atoms with van der Waals surface area (Å²) in [6, 6.07) is 3.17. The van der Waals surface area contributed by atoms with Gasteiger partial charge < -0.3 is 15.8 Å². The van der Waals surface area contributed by atoms with Crippen molar-refractivity contribution in [3.8, 4) is 0 Å². The van der Waals surface area contributed by atoms with Gasteiger partial charge in [0.05, 0.1) is 0 Å². The minimum absolute atomic E-state index is 0.0713. The number of ether oxygens (including phenoxy) is 1. The molecule has 0 unspecified atom stereocenters. The number of nitrogens with one attached hydrogen (secondary N) is 1. The van der Waals surface area contributed by atoms with E-state index in [1.807, 2.05) is 0 Å². The van der Waals surface area contributed by atoms with Crippen molar-refractivity contribution in [1.29, 1.82) is 0 Å². The number of nitrogen functional groups attached to an aromatic ring is 1. The maximum Gasteiger partial charge on any atom is 0.407 e. The summed E-state index contributed by atoms with van der Waals surface area (Å²) in [4.78, 5) is 11.4. The van der Waals surface area contributed by atoms with Gasteiger partial charge in [0.15, 0.2) is 0 Å². The minimum Gasteiger partial charge on any atom is -0.444 e. The lowest BCUT2D eigenvalue weighted by Crippen LogP contribution is -2.32. The van der Waals surface area contributed by atoms with Crippen LogP contribution in [0, 0.1) is 12.7 Å². The van der Waals surface area contributed by atoms with Gasteiger partial charge >= 0.3 is 6.09 Å². The molecular formula is C13H19FN2O2. The standard InChI is InChI=1S/C13H19FN2O2/c1-8-10(15)6-5-9(11(8)14)7-16-12(17)18-13(2,3)4/h5-6H,7,15H2,1-4H3,(H,16,17). The predicted molar refractivity (Wildman–Crippen MR) is 68.6 cm³/mol. The number of nitrogens with two attached hydrogens (primary N) is 1. The number of hydrogen-bond acceptors (Lipinski definition) is 3. The highest BCUT2D eigenvalue weighted by Crippen LogP contribution is 2.18. The molecule has 1 rings (SSSR count). The summed E-state index contributed by atoms with van der Waals surface area (Å²) in [5, 5.41) is 2.50. The SMILES string of the molecule is Cc1c(N)ccc(CNC(=O)OC(C)(C)C)c1F. The first-order valence-corrected chi connectivity index (χ1v) is 5.71. The Kier molecular flexibility index (Phi) is 4.16. The molecule has 0 aliphatic heterocycles. The molecule has 0 bridgehead atoms. The summed E-state index contributed by atoms with van der Waals surface area (Å²) in [7, 11) is 0. The maximum absolute atomic E-state index is 13.8. The van der Waals surface area contributed by atoms with E-state index < -0.39 is 17.5 Å². The Morgan fingerprint density at radius 1 is 1.44 bits per heavy atom. The van der Waals surface area contributed by atoms with Gasteiger partial charge in [-0.25, -0.2) is 9.18 Å². The monoisotopic (exact) mass is 254 g/mol. The lowest BCUT2D eigenvalue weighted by molar-refractivity contribution is 0.0523. The molecule has 18 heavy (non-hydrogen) atoms. The van der Waals surface area contributed by atoms with Crippen LogP contribution >= 0.6 is 0 Å². The minimum atomic E-state index is -0.573. The highest BCUT2D eigenvalue weighted by Gasteiger charge is 2.16. The normalized spacial score (nSPS) is 11.2. The zero-order valence-electron chi connectivity index (χ0n) is 11.1. The summed E-state index contributed by atoms with van der Waals surface area (Å²) < 4.78 is 18.8. The number of benzene rings is 1. The molecule has 0 heterocycles. The van der Waals surface area contributed by atoms with Crippen molar-refractivity contribution in [1.82, 2.24) is 5.32 Å². The second-order valence-corrected chi connectivity index (χ2v) is 5.11. The van der Waals surface area contributed by atoms with Crippen molar-refractivity contribution in [2.75, 3.05) is 5.73 Å². The van der Waals surface area contributed by atoms with Gasteiger partial charge in [-0.1, -0.05) is 6.07 Å². The first kappa shape index (κ1) is 14.3. The third-order valence-corrected chi connectivity index (χ3v) is 2.33. The molecule has 3 N–H and O–H groups in total. The highest BCUT2D eigenvalue weighted by molar-refractivity contribution is 5.67. The van der Waals surface area contributed by atoms with Crippen LogP contribution in [-0.4, -0.2) is 11.7 Å². The van der Waals surface area contributed by atoms with E-state index in [0.29, 0.717) is 16.8 Å². The van der Waals surface area contributed by atoms with Gasteiger partial charge in [0.1, 0.15) is 11.4 Å². The first-order chi connectivity index (χ1) is 8.20. The molecule has 0 saturated carbocycles. The zero-order valence-corrected chi connectivity index (χ0v) is 11.1. The number of carbonyl (C=O) groups excluding carboxylic acids is 1. The average Bonchev–Trinajstić information content (AvgIpc) is 2.22. The summed E-state index contributed by atoms with van der Waals surface area (Å²) in [5.74, 6) is -0.397.